The van der Waals surface area contributed by atoms with E-state index in [2.05, 4.69) is 10.9 Å². The molecule has 0 fully saturated rings. The van der Waals surface area contributed by atoms with Crippen molar-refractivity contribution in [2.24, 2.45) is 4.99 Å². The number of para-hydroxylation sites is 1. The van der Waals surface area contributed by atoms with Crippen molar-refractivity contribution in [1.82, 2.24) is 0 Å². The number of nitrogens with zero attached hydrogens (tertiary/aromatic N) is 1. The summed E-state index contributed by atoms with van der Waals surface area (Å²) in [5.74, 6) is 3.78. The Kier molecular flexibility index (Phi) is 4.24. The predicted octanol–water partition coefficient (Wildman–Crippen LogP) is 1.76. The number of rotatable bonds is 4. The summed E-state index contributed by atoms with van der Waals surface area (Å²) >= 11 is 0. The van der Waals surface area contributed by atoms with Crippen LogP contribution in [-0.2, 0) is 0 Å². The molecule has 3 heteroatoms. The quantitative estimate of drug-likeness (QED) is 0.551. The van der Waals surface area contributed by atoms with Crippen LogP contribution in [0.5, 0.6) is 11.5 Å². The number of ether oxygens (including phenoxy) is 2. The van der Waals surface area contributed by atoms with E-state index in [1.165, 1.54) is 0 Å². The first-order valence-corrected chi connectivity index (χ1v) is 4.47. The molecule has 15 heavy (non-hydrogen) atoms. The van der Waals surface area contributed by atoms with Crippen LogP contribution in [-0.4, -0.2) is 27.0 Å². The lowest BCUT2D eigenvalue weighted by atomic mass is 10.2. The van der Waals surface area contributed by atoms with Crippen LogP contribution < -0.4 is 9.47 Å². The monoisotopic (exact) mass is 203 g/mol. The Hall–Kier alpha value is -1.95. The number of methoxy groups -OCH3 is 2. The Morgan fingerprint density at radius 3 is 2.80 bits per heavy atom. The molecule has 0 spiro atoms. The van der Waals surface area contributed by atoms with Crippen molar-refractivity contribution in [1.29, 1.82) is 0 Å². The first kappa shape index (κ1) is 11.1. The molecule has 1 rings (SSSR count). The Balaban J connectivity index is 3.02. The van der Waals surface area contributed by atoms with Gasteiger partial charge >= 0.3 is 0 Å². The summed E-state index contributed by atoms with van der Waals surface area (Å²) in [6.07, 6.45) is 6.78. The lowest BCUT2D eigenvalue weighted by Crippen LogP contribution is -1.95. The molecule has 1 aromatic carbocycles. The van der Waals surface area contributed by atoms with Crippen molar-refractivity contribution in [2.75, 3.05) is 20.8 Å². The smallest absolute Gasteiger partial charge is 0.169 e. The van der Waals surface area contributed by atoms with Gasteiger partial charge in [-0.1, -0.05) is 12.0 Å². The van der Waals surface area contributed by atoms with Crippen LogP contribution in [0.3, 0.4) is 0 Å². The zero-order valence-electron chi connectivity index (χ0n) is 8.86. The number of terminal acetylenes is 1. The van der Waals surface area contributed by atoms with E-state index in [1.54, 1.807) is 20.4 Å². The van der Waals surface area contributed by atoms with E-state index >= 15 is 0 Å². The summed E-state index contributed by atoms with van der Waals surface area (Å²) in [7, 11) is 3.19. The van der Waals surface area contributed by atoms with Gasteiger partial charge in [0, 0.05) is 11.8 Å². The normalized spacial score (nSPS) is 9.93. The maximum atomic E-state index is 5.23. The van der Waals surface area contributed by atoms with Gasteiger partial charge in [-0.15, -0.1) is 6.42 Å². The Morgan fingerprint density at radius 2 is 2.20 bits per heavy atom. The third kappa shape index (κ3) is 2.75. The van der Waals surface area contributed by atoms with E-state index < -0.39 is 0 Å². The summed E-state index contributed by atoms with van der Waals surface area (Å²) in [5.41, 5.74) is 0.854. The van der Waals surface area contributed by atoms with Crippen LogP contribution in [0.1, 0.15) is 5.56 Å². The van der Waals surface area contributed by atoms with Gasteiger partial charge in [0.1, 0.15) is 0 Å². The summed E-state index contributed by atoms with van der Waals surface area (Å²) in [6, 6.07) is 5.59. The van der Waals surface area contributed by atoms with Gasteiger partial charge in [-0.2, -0.15) is 0 Å². The molecule has 0 N–H and O–H groups in total. The van der Waals surface area contributed by atoms with E-state index in [-0.39, 0.29) is 0 Å². The molecule has 0 atom stereocenters. The number of aliphatic imine (C=N–C) groups is 1. The molecule has 0 saturated carbocycles. The summed E-state index contributed by atoms with van der Waals surface area (Å²) < 4.78 is 10.4. The highest BCUT2D eigenvalue weighted by molar-refractivity contribution is 5.85. The van der Waals surface area contributed by atoms with Crippen LogP contribution in [0.4, 0.5) is 0 Å². The molecular weight excluding hydrogens is 190 g/mol. The van der Waals surface area contributed by atoms with Crippen LogP contribution in [0, 0.1) is 12.3 Å². The van der Waals surface area contributed by atoms with Gasteiger partial charge in [0.25, 0.3) is 0 Å². The molecule has 0 aromatic heterocycles. The Labute approximate surface area is 89.7 Å². The van der Waals surface area contributed by atoms with Gasteiger partial charge in [0.2, 0.25) is 0 Å². The molecule has 1 aromatic rings. The average molecular weight is 203 g/mol. The van der Waals surface area contributed by atoms with Crippen molar-refractivity contribution in [2.45, 2.75) is 0 Å². The van der Waals surface area contributed by atoms with E-state index in [1.807, 2.05) is 18.2 Å². The molecule has 3 nitrogen and oxygen atoms in total. The molecule has 0 saturated heterocycles. The topological polar surface area (TPSA) is 30.8 Å². The van der Waals surface area contributed by atoms with E-state index in [0.717, 1.165) is 5.56 Å². The van der Waals surface area contributed by atoms with Crippen LogP contribution in [0.15, 0.2) is 23.2 Å². The summed E-state index contributed by atoms with van der Waals surface area (Å²) in [5, 5.41) is 0. The largest absolute Gasteiger partial charge is 0.493 e. The highest BCUT2D eigenvalue weighted by Gasteiger charge is 2.06. The van der Waals surface area contributed by atoms with Gasteiger partial charge in [0.05, 0.1) is 20.8 Å². The van der Waals surface area contributed by atoms with E-state index in [9.17, 15) is 0 Å². The molecule has 0 heterocycles. The minimum absolute atomic E-state index is 0.361. The highest BCUT2D eigenvalue weighted by Crippen LogP contribution is 2.29. The first-order chi connectivity index (χ1) is 7.33. The van der Waals surface area contributed by atoms with Crippen molar-refractivity contribution < 1.29 is 9.47 Å². The molecular formula is C12H13NO2. The third-order valence-corrected chi connectivity index (χ3v) is 1.85. The molecule has 0 aliphatic carbocycles. The predicted molar refractivity (Wildman–Crippen MR) is 60.8 cm³/mol. The third-order valence-electron chi connectivity index (χ3n) is 1.85. The zero-order valence-corrected chi connectivity index (χ0v) is 8.86. The first-order valence-electron chi connectivity index (χ1n) is 4.47. The summed E-state index contributed by atoms with van der Waals surface area (Å²) in [6.45, 7) is 0.361. The fourth-order valence-corrected chi connectivity index (χ4v) is 1.21. The van der Waals surface area contributed by atoms with Gasteiger partial charge in [-0.05, 0) is 12.1 Å². The van der Waals surface area contributed by atoms with E-state index in [4.69, 9.17) is 15.9 Å². The number of benzene rings is 1. The molecule has 0 aliphatic heterocycles. The second kappa shape index (κ2) is 5.71. The standard InChI is InChI=1S/C12H13NO2/c1-4-8-13-9-10-6-5-7-11(14-2)12(10)15-3/h1,5-7,9H,8H2,2-3H3. The lowest BCUT2D eigenvalue weighted by molar-refractivity contribution is 0.354. The molecule has 0 amide bonds. The molecule has 0 bridgehead atoms. The summed E-state index contributed by atoms with van der Waals surface area (Å²) in [4.78, 5) is 4.05. The maximum Gasteiger partial charge on any atom is 0.169 e. The zero-order chi connectivity index (χ0) is 11.1. The SMILES string of the molecule is C#CCN=Cc1cccc(OC)c1OC. The fraction of sp³-hybridized carbons (Fsp3) is 0.250. The van der Waals surface area contributed by atoms with Crippen LogP contribution in [0.25, 0.3) is 0 Å². The number of hydrogen-bond donors (Lipinski definition) is 0. The Bertz CT molecular complexity index is 391. The van der Waals surface area contributed by atoms with Gasteiger partial charge < -0.3 is 9.47 Å². The van der Waals surface area contributed by atoms with Gasteiger partial charge in [-0.25, -0.2) is 0 Å². The van der Waals surface area contributed by atoms with Crippen molar-refractivity contribution in [3.05, 3.63) is 23.8 Å². The van der Waals surface area contributed by atoms with E-state index in [0.29, 0.717) is 18.0 Å². The Morgan fingerprint density at radius 1 is 1.40 bits per heavy atom. The molecule has 0 aliphatic rings. The van der Waals surface area contributed by atoms with Crippen LogP contribution >= 0.6 is 0 Å². The maximum absolute atomic E-state index is 5.23. The van der Waals surface area contributed by atoms with Gasteiger partial charge in [0.15, 0.2) is 11.5 Å². The fourth-order valence-electron chi connectivity index (χ4n) is 1.21. The second-order valence-corrected chi connectivity index (χ2v) is 2.76. The molecule has 78 valence electrons. The minimum atomic E-state index is 0.361. The number of hydrogen-bond acceptors (Lipinski definition) is 3. The van der Waals surface area contributed by atoms with Crippen molar-refractivity contribution >= 4 is 6.21 Å². The minimum Gasteiger partial charge on any atom is -0.493 e. The molecule has 0 radical (unpaired) electrons. The van der Waals surface area contributed by atoms with Crippen molar-refractivity contribution in [3.63, 3.8) is 0 Å². The lowest BCUT2D eigenvalue weighted by Gasteiger charge is -2.09. The second-order valence-electron chi connectivity index (χ2n) is 2.76. The average Bonchev–Trinajstić information content (AvgIpc) is 2.29. The van der Waals surface area contributed by atoms with Gasteiger partial charge in [-0.3, -0.25) is 4.99 Å². The highest BCUT2D eigenvalue weighted by atomic mass is 16.5. The van der Waals surface area contributed by atoms with Crippen LogP contribution in [0.2, 0.25) is 0 Å². The van der Waals surface area contributed by atoms with Crippen molar-refractivity contribution in [3.8, 4) is 23.8 Å². The molecule has 0 unspecified atom stereocenters.